The second-order valence-electron chi connectivity index (χ2n) is 6.64. The molecule has 156 valence electrons. The number of nitrogens with zero attached hydrogens (tertiary/aromatic N) is 3. The number of hydrogen-bond donors (Lipinski definition) is 2. The molecule has 29 heavy (non-hydrogen) atoms. The maximum atomic E-state index is 13.4. The number of piperidine rings is 1. The highest BCUT2D eigenvalue weighted by Crippen LogP contribution is 2.34. The molecule has 1 aliphatic rings. The zero-order valence-electron chi connectivity index (χ0n) is 15.0. The molecule has 0 unspecified atom stereocenters. The minimum atomic E-state index is -4.60. The van der Waals surface area contributed by atoms with E-state index in [0.29, 0.717) is 11.9 Å². The van der Waals surface area contributed by atoms with E-state index in [9.17, 15) is 26.7 Å². The topological polar surface area (TPSA) is 78.3 Å². The van der Waals surface area contributed by atoms with Gasteiger partial charge in [-0.1, -0.05) is 0 Å². The number of carboxylic acid groups (broad SMARTS) is 1. The molecular formula is C18H17F5N4O2. The Balaban J connectivity index is 1.83. The third-order valence-electron chi connectivity index (χ3n) is 4.53. The average Bonchev–Trinajstić information content (AvgIpc) is 2.66. The van der Waals surface area contributed by atoms with Gasteiger partial charge in [0, 0.05) is 44.2 Å². The molecule has 1 fully saturated rings. The molecule has 3 heterocycles. The standard InChI is InChI=1S/C18H17F5N4O2/c19-17(20)3-5-27(6-4-17)15-11(7-12(9-26-15)18(21,22)23)8-24-13-1-2-14(16(28)29)25-10-13/h1-2,7,9-10,24H,3-6,8H2,(H,28,29). The maximum absolute atomic E-state index is 13.4. The normalized spacial score (nSPS) is 16.5. The van der Waals surface area contributed by atoms with Gasteiger partial charge in [-0.15, -0.1) is 0 Å². The van der Waals surface area contributed by atoms with E-state index in [1.165, 1.54) is 18.3 Å². The molecule has 0 radical (unpaired) electrons. The molecule has 0 aromatic carbocycles. The molecule has 0 atom stereocenters. The number of carboxylic acids is 1. The summed E-state index contributed by atoms with van der Waals surface area (Å²) in [7, 11) is 0. The quantitative estimate of drug-likeness (QED) is 0.717. The van der Waals surface area contributed by atoms with Crippen molar-refractivity contribution < 1.29 is 31.9 Å². The summed E-state index contributed by atoms with van der Waals surface area (Å²) in [5, 5.41) is 11.7. The van der Waals surface area contributed by atoms with Gasteiger partial charge in [0.1, 0.15) is 11.5 Å². The van der Waals surface area contributed by atoms with Gasteiger partial charge in [0.2, 0.25) is 0 Å². The molecule has 3 rings (SSSR count). The first-order valence-electron chi connectivity index (χ1n) is 8.67. The van der Waals surface area contributed by atoms with E-state index in [1.54, 1.807) is 4.90 Å². The van der Waals surface area contributed by atoms with Crippen LogP contribution in [0.5, 0.6) is 0 Å². The summed E-state index contributed by atoms with van der Waals surface area (Å²) in [4.78, 5) is 20.0. The van der Waals surface area contributed by atoms with E-state index in [1.807, 2.05) is 0 Å². The van der Waals surface area contributed by atoms with Crippen LogP contribution in [0, 0.1) is 0 Å². The number of hydrogen-bond acceptors (Lipinski definition) is 5. The van der Waals surface area contributed by atoms with Gasteiger partial charge in [0.05, 0.1) is 17.4 Å². The number of rotatable bonds is 5. The highest BCUT2D eigenvalue weighted by molar-refractivity contribution is 5.85. The lowest BCUT2D eigenvalue weighted by atomic mass is 10.1. The van der Waals surface area contributed by atoms with Crippen molar-refractivity contribution in [2.75, 3.05) is 23.3 Å². The van der Waals surface area contributed by atoms with Crippen LogP contribution in [-0.4, -0.2) is 40.1 Å². The van der Waals surface area contributed by atoms with Crippen LogP contribution in [0.25, 0.3) is 0 Å². The van der Waals surface area contributed by atoms with E-state index >= 15 is 0 Å². The average molecular weight is 416 g/mol. The summed E-state index contributed by atoms with van der Waals surface area (Å²) < 4.78 is 66.1. The van der Waals surface area contributed by atoms with Crippen molar-refractivity contribution in [1.29, 1.82) is 0 Å². The van der Waals surface area contributed by atoms with Crippen molar-refractivity contribution in [3.8, 4) is 0 Å². The number of aromatic carboxylic acids is 1. The molecule has 2 aromatic heterocycles. The SMILES string of the molecule is O=C(O)c1ccc(NCc2cc(C(F)(F)F)cnc2N2CCC(F)(F)CC2)cn1. The Hall–Kier alpha value is -2.98. The summed E-state index contributed by atoms with van der Waals surface area (Å²) in [6.45, 7) is -0.117. The summed E-state index contributed by atoms with van der Waals surface area (Å²) in [5.41, 5.74) is -0.540. The van der Waals surface area contributed by atoms with E-state index in [4.69, 9.17) is 5.11 Å². The van der Waals surface area contributed by atoms with Crippen LogP contribution in [0.15, 0.2) is 30.6 Å². The van der Waals surface area contributed by atoms with Crippen LogP contribution in [-0.2, 0) is 12.7 Å². The number of aromatic nitrogens is 2. The molecule has 0 saturated carbocycles. The maximum Gasteiger partial charge on any atom is 0.417 e. The van der Waals surface area contributed by atoms with E-state index in [0.717, 1.165) is 6.07 Å². The lowest BCUT2D eigenvalue weighted by Crippen LogP contribution is -2.40. The van der Waals surface area contributed by atoms with Crippen molar-refractivity contribution in [3.63, 3.8) is 0 Å². The Kier molecular flexibility index (Phi) is 5.58. The molecule has 0 bridgehead atoms. The smallest absolute Gasteiger partial charge is 0.417 e. The van der Waals surface area contributed by atoms with Gasteiger partial charge in [-0.05, 0) is 18.2 Å². The molecule has 2 N–H and O–H groups in total. The zero-order valence-corrected chi connectivity index (χ0v) is 15.0. The number of pyridine rings is 2. The van der Waals surface area contributed by atoms with Crippen LogP contribution < -0.4 is 10.2 Å². The minimum Gasteiger partial charge on any atom is -0.477 e. The first kappa shape index (κ1) is 20.7. The van der Waals surface area contributed by atoms with Gasteiger partial charge in [0.15, 0.2) is 0 Å². The Labute approximate surface area is 162 Å². The molecule has 0 amide bonds. The predicted molar refractivity (Wildman–Crippen MR) is 94.2 cm³/mol. The Bertz CT molecular complexity index is 877. The van der Waals surface area contributed by atoms with E-state index in [-0.39, 0.29) is 36.7 Å². The Morgan fingerprint density at radius 3 is 2.41 bits per heavy atom. The van der Waals surface area contributed by atoms with Gasteiger partial charge in [-0.2, -0.15) is 13.2 Å². The third kappa shape index (κ3) is 5.09. The predicted octanol–water partition coefficient (Wildman–Crippen LogP) is 4.04. The summed E-state index contributed by atoms with van der Waals surface area (Å²) >= 11 is 0. The van der Waals surface area contributed by atoms with Crippen molar-refractivity contribution in [2.24, 2.45) is 0 Å². The van der Waals surface area contributed by atoms with Crippen LogP contribution in [0.1, 0.15) is 34.5 Å². The first-order valence-corrected chi connectivity index (χ1v) is 8.67. The molecule has 11 heteroatoms. The number of carbonyl (C=O) groups is 1. The highest BCUT2D eigenvalue weighted by atomic mass is 19.4. The monoisotopic (exact) mass is 416 g/mol. The summed E-state index contributed by atoms with van der Waals surface area (Å²) in [5.74, 6) is -3.79. The lowest BCUT2D eigenvalue weighted by Gasteiger charge is -2.33. The Morgan fingerprint density at radius 2 is 1.86 bits per heavy atom. The van der Waals surface area contributed by atoms with Gasteiger partial charge in [0.25, 0.3) is 5.92 Å². The zero-order chi connectivity index (χ0) is 21.2. The van der Waals surface area contributed by atoms with Gasteiger partial charge >= 0.3 is 12.1 Å². The highest BCUT2D eigenvalue weighted by Gasteiger charge is 2.36. The van der Waals surface area contributed by atoms with Crippen molar-refractivity contribution in [3.05, 3.63) is 47.4 Å². The van der Waals surface area contributed by atoms with E-state index in [2.05, 4.69) is 15.3 Å². The molecular weight excluding hydrogens is 399 g/mol. The summed E-state index contributed by atoms with van der Waals surface area (Å²) in [6, 6.07) is 3.61. The Morgan fingerprint density at radius 1 is 1.17 bits per heavy atom. The second-order valence-corrected chi connectivity index (χ2v) is 6.64. The molecule has 1 aliphatic heterocycles. The summed E-state index contributed by atoms with van der Waals surface area (Å²) in [6.07, 6.45) is -3.47. The molecule has 2 aromatic rings. The number of nitrogens with one attached hydrogen (secondary N) is 1. The van der Waals surface area contributed by atoms with Crippen LogP contribution >= 0.6 is 0 Å². The van der Waals surface area contributed by atoms with Crippen LogP contribution in [0.4, 0.5) is 33.5 Å². The van der Waals surface area contributed by atoms with Crippen LogP contribution in [0.3, 0.4) is 0 Å². The van der Waals surface area contributed by atoms with Crippen LogP contribution in [0.2, 0.25) is 0 Å². The first-order chi connectivity index (χ1) is 13.5. The molecule has 0 spiro atoms. The molecule has 6 nitrogen and oxygen atoms in total. The number of alkyl halides is 5. The fourth-order valence-corrected chi connectivity index (χ4v) is 2.94. The third-order valence-corrected chi connectivity index (χ3v) is 4.53. The number of anilines is 2. The lowest BCUT2D eigenvalue weighted by molar-refractivity contribution is -0.137. The van der Waals surface area contributed by atoms with Gasteiger partial charge < -0.3 is 15.3 Å². The van der Waals surface area contributed by atoms with E-state index < -0.39 is 36.5 Å². The van der Waals surface area contributed by atoms with Crippen molar-refractivity contribution in [1.82, 2.24) is 9.97 Å². The van der Waals surface area contributed by atoms with Crippen molar-refractivity contribution in [2.45, 2.75) is 31.5 Å². The van der Waals surface area contributed by atoms with Gasteiger partial charge in [-0.3, -0.25) is 0 Å². The van der Waals surface area contributed by atoms with Crippen molar-refractivity contribution >= 4 is 17.5 Å². The fraction of sp³-hybridized carbons (Fsp3) is 0.389. The molecule has 0 aliphatic carbocycles. The largest absolute Gasteiger partial charge is 0.477 e. The minimum absolute atomic E-state index is 0.0206. The number of halogens is 5. The fourth-order valence-electron chi connectivity index (χ4n) is 2.94. The molecule has 1 saturated heterocycles. The second kappa shape index (κ2) is 7.80. The van der Waals surface area contributed by atoms with Gasteiger partial charge in [-0.25, -0.2) is 23.5 Å².